The first-order chi connectivity index (χ1) is 15.4. The van der Waals surface area contributed by atoms with E-state index in [0.29, 0.717) is 6.42 Å². The fraction of sp³-hybridized carbons (Fsp3) is 0.318. The van der Waals surface area contributed by atoms with Gasteiger partial charge in [0.15, 0.2) is 0 Å². The predicted octanol–water partition coefficient (Wildman–Crippen LogP) is 0.683. The minimum atomic E-state index is -3.62. The van der Waals surface area contributed by atoms with Crippen LogP contribution in [0.1, 0.15) is 5.56 Å². The van der Waals surface area contributed by atoms with E-state index in [1.54, 1.807) is 18.2 Å². The van der Waals surface area contributed by atoms with Gasteiger partial charge in [0.25, 0.3) is 5.91 Å². The zero-order valence-corrected chi connectivity index (χ0v) is 18.2. The summed E-state index contributed by atoms with van der Waals surface area (Å²) in [7, 11) is -3.62. The Morgan fingerprint density at radius 2 is 1.50 bits per heavy atom. The Balaban J connectivity index is 1.33. The van der Waals surface area contributed by atoms with Crippen LogP contribution in [0, 0.1) is 0 Å². The van der Waals surface area contributed by atoms with Gasteiger partial charge in [-0.05, 0) is 17.7 Å². The summed E-state index contributed by atoms with van der Waals surface area (Å²) in [5.74, 6) is -0.817. The van der Waals surface area contributed by atoms with Crippen molar-refractivity contribution in [3.05, 3.63) is 66.2 Å². The zero-order chi connectivity index (χ0) is 22.7. The Labute approximate surface area is 186 Å². The number of imide groups is 1. The van der Waals surface area contributed by atoms with Gasteiger partial charge in [-0.3, -0.25) is 14.5 Å². The number of rotatable bonds is 6. The molecule has 2 saturated heterocycles. The van der Waals surface area contributed by atoms with Crippen LogP contribution in [-0.2, 0) is 26.0 Å². The standard InChI is InChI=1S/C22H24N4O5S/c27-20(16-26-21(28)19(23-22(26)29)15-17-7-3-1-4-8-17)24-11-13-25(14-12-24)32(30,31)18-9-5-2-6-10-18/h1-10,19H,11-16H2,(H,23,29)/t19-/m0/s1. The Morgan fingerprint density at radius 3 is 2.12 bits per heavy atom. The maximum absolute atomic E-state index is 12.7. The fourth-order valence-electron chi connectivity index (χ4n) is 3.87. The molecule has 168 valence electrons. The first kappa shape index (κ1) is 22.0. The van der Waals surface area contributed by atoms with Crippen LogP contribution in [0.15, 0.2) is 65.6 Å². The van der Waals surface area contributed by atoms with Crippen LogP contribution in [0.5, 0.6) is 0 Å². The van der Waals surface area contributed by atoms with Gasteiger partial charge >= 0.3 is 6.03 Å². The number of sulfonamides is 1. The quantitative estimate of drug-likeness (QED) is 0.644. The van der Waals surface area contributed by atoms with Crippen LogP contribution in [0.4, 0.5) is 4.79 Å². The molecule has 2 aromatic rings. The van der Waals surface area contributed by atoms with Crippen molar-refractivity contribution in [3.63, 3.8) is 0 Å². The lowest BCUT2D eigenvalue weighted by Gasteiger charge is -2.34. The molecule has 2 aliphatic rings. The van der Waals surface area contributed by atoms with Crippen LogP contribution in [-0.4, -0.2) is 79.1 Å². The number of hydrogen-bond donors (Lipinski definition) is 1. The SMILES string of the molecule is O=C(CN1C(=O)N[C@@H](Cc2ccccc2)C1=O)N1CCN(S(=O)(=O)c2ccccc2)CC1. The average Bonchev–Trinajstić information content (AvgIpc) is 3.07. The molecule has 2 fully saturated rings. The maximum atomic E-state index is 12.7. The van der Waals surface area contributed by atoms with Crippen molar-refractivity contribution in [2.75, 3.05) is 32.7 Å². The molecule has 0 aliphatic carbocycles. The summed E-state index contributed by atoms with van der Waals surface area (Å²) in [6.45, 7) is 0.338. The van der Waals surface area contributed by atoms with Crippen LogP contribution in [0.2, 0.25) is 0 Å². The second kappa shape index (κ2) is 9.09. The van der Waals surface area contributed by atoms with Gasteiger partial charge in [-0.1, -0.05) is 48.5 Å². The zero-order valence-electron chi connectivity index (χ0n) is 17.4. The molecule has 2 heterocycles. The van der Waals surface area contributed by atoms with E-state index >= 15 is 0 Å². The van der Waals surface area contributed by atoms with Crippen molar-refractivity contribution in [1.29, 1.82) is 0 Å². The Bertz CT molecular complexity index is 1100. The van der Waals surface area contributed by atoms with Crippen molar-refractivity contribution in [1.82, 2.24) is 19.4 Å². The normalized spacial score (nSPS) is 19.8. The lowest BCUT2D eigenvalue weighted by molar-refractivity contribution is -0.138. The molecule has 9 nitrogen and oxygen atoms in total. The average molecular weight is 457 g/mol. The van der Waals surface area contributed by atoms with Crippen molar-refractivity contribution in [2.24, 2.45) is 0 Å². The molecule has 0 spiro atoms. The molecular formula is C22H24N4O5S. The van der Waals surface area contributed by atoms with Gasteiger partial charge in [-0.2, -0.15) is 4.31 Å². The lowest BCUT2D eigenvalue weighted by Crippen LogP contribution is -2.53. The van der Waals surface area contributed by atoms with Crippen molar-refractivity contribution in [2.45, 2.75) is 17.4 Å². The number of carbonyl (C=O) groups is 3. The second-order valence-electron chi connectivity index (χ2n) is 7.71. The summed E-state index contributed by atoms with van der Waals surface area (Å²) in [6, 6.07) is 16.2. The van der Waals surface area contributed by atoms with E-state index in [1.807, 2.05) is 30.3 Å². The van der Waals surface area contributed by atoms with E-state index in [2.05, 4.69) is 5.32 Å². The van der Waals surface area contributed by atoms with E-state index in [4.69, 9.17) is 0 Å². The van der Waals surface area contributed by atoms with Crippen LogP contribution >= 0.6 is 0 Å². The van der Waals surface area contributed by atoms with E-state index in [9.17, 15) is 22.8 Å². The number of amides is 4. The summed E-state index contributed by atoms with van der Waals surface area (Å²) in [6.07, 6.45) is 0.353. The number of hydrogen-bond acceptors (Lipinski definition) is 5. The molecule has 10 heteroatoms. The second-order valence-corrected chi connectivity index (χ2v) is 9.65. The minimum absolute atomic E-state index is 0.153. The smallest absolute Gasteiger partial charge is 0.325 e. The monoisotopic (exact) mass is 456 g/mol. The summed E-state index contributed by atoms with van der Waals surface area (Å²) in [5, 5.41) is 2.63. The third-order valence-electron chi connectivity index (χ3n) is 5.66. The van der Waals surface area contributed by atoms with Gasteiger partial charge < -0.3 is 10.2 Å². The van der Waals surface area contributed by atoms with Gasteiger partial charge in [0.05, 0.1) is 4.90 Å². The highest BCUT2D eigenvalue weighted by Crippen LogP contribution is 2.18. The summed E-state index contributed by atoms with van der Waals surface area (Å²) < 4.78 is 26.8. The molecule has 0 saturated carbocycles. The molecule has 1 atom stereocenters. The molecule has 0 unspecified atom stereocenters. The third-order valence-corrected chi connectivity index (χ3v) is 7.57. The van der Waals surface area contributed by atoms with Crippen LogP contribution < -0.4 is 5.32 Å². The number of nitrogens with zero attached hydrogens (tertiary/aromatic N) is 3. The van der Waals surface area contributed by atoms with Gasteiger partial charge in [-0.15, -0.1) is 0 Å². The Morgan fingerprint density at radius 1 is 0.906 bits per heavy atom. The fourth-order valence-corrected chi connectivity index (χ4v) is 5.31. The molecule has 32 heavy (non-hydrogen) atoms. The van der Waals surface area contributed by atoms with Crippen LogP contribution in [0.3, 0.4) is 0 Å². The number of piperazine rings is 1. The van der Waals surface area contributed by atoms with Gasteiger partial charge in [0, 0.05) is 32.6 Å². The largest absolute Gasteiger partial charge is 0.338 e. The molecule has 0 aromatic heterocycles. The molecule has 4 rings (SSSR count). The highest BCUT2D eigenvalue weighted by molar-refractivity contribution is 7.89. The minimum Gasteiger partial charge on any atom is -0.338 e. The Hall–Kier alpha value is -3.24. The first-order valence-electron chi connectivity index (χ1n) is 10.3. The van der Waals surface area contributed by atoms with Gasteiger partial charge in [0.2, 0.25) is 15.9 Å². The topological polar surface area (TPSA) is 107 Å². The van der Waals surface area contributed by atoms with Crippen molar-refractivity contribution < 1.29 is 22.8 Å². The van der Waals surface area contributed by atoms with E-state index < -0.39 is 28.0 Å². The molecule has 2 aliphatic heterocycles. The molecule has 4 amide bonds. The van der Waals surface area contributed by atoms with E-state index in [0.717, 1.165) is 10.5 Å². The van der Waals surface area contributed by atoms with E-state index in [-0.39, 0.29) is 43.5 Å². The Kier molecular flexibility index (Phi) is 6.24. The van der Waals surface area contributed by atoms with Gasteiger partial charge in [-0.25, -0.2) is 13.2 Å². The molecule has 1 N–H and O–H groups in total. The van der Waals surface area contributed by atoms with Crippen molar-refractivity contribution in [3.8, 4) is 0 Å². The number of benzene rings is 2. The number of nitrogens with one attached hydrogen (secondary N) is 1. The first-order valence-corrected chi connectivity index (χ1v) is 11.8. The highest BCUT2D eigenvalue weighted by Gasteiger charge is 2.40. The molecule has 0 bridgehead atoms. The summed E-state index contributed by atoms with van der Waals surface area (Å²) >= 11 is 0. The predicted molar refractivity (Wildman–Crippen MR) is 116 cm³/mol. The summed E-state index contributed by atoms with van der Waals surface area (Å²) in [4.78, 5) is 40.3. The molecular weight excluding hydrogens is 432 g/mol. The third kappa shape index (κ3) is 4.51. The van der Waals surface area contributed by atoms with E-state index in [1.165, 1.54) is 21.3 Å². The van der Waals surface area contributed by atoms with Crippen LogP contribution in [0.25, 0.3) is 0 Å². The number of carbonyl (C=O) groups excluding carboxylic acids is 3. The van der Waals surface area contributed by atoms with Gasteiger partial charge in [0.1, 0.15) is 12.6 Å². The van der Waals surface area contributed by atoms with Crippen molar-refractivity contribution >= 4 is 27.9 Å². The molecule has 2 aromatic carbocycles. The number of urea groups is 1. The lowest BCUT2D eigenvalue weighted by atomic mass is 10.1. The highest BCUT2D eigenvalue weighted by atomic mass is 32.2. The summed E-state index contributed by atoms with van der Waals surface area (Å²) in [5.41, 5.74) is 0.912. The molecule has 0 radical (unpaired) electrons. The maximum Gasteiger partial charge on any atom is 0.325 e.